The summed E-state index contributed by atoms with van der Waals surface area (Å²) in [6, 6.07) is 12.7. The number of amides is 1. The Morgan fingerprint density at radius 3 is 2.90 bits per heavy atom. The molecule has 4 heterocycles. The predicted molar refractivity (Wildman–Crippen MR) is 116 cm³/mol. The van der Waals surface area contributed by atoms with Crippen LogP contribution in [0.2, 0.25) is 0 Å². The Bertz CT molecular complexity index is 1170. The zero-order chi connectivity index (χ0) is 20.5. The van der Waals surface area contributed by atoms with Gasteiger partial charge in [0.2, 0.25) is 5.91 Å². The summed E-state index contributed by atoms with van der Waals surface area (Å²) < 4.78 is 19.7. The van der Waals surface area contributed by atoms with Gasteiger partial charge in [0.1, 0.15) is 5.82 Å². The molecule has 0 unspecified atom stereocenters. The van der Waals surface area contributed by atoms with Gasteiger partial charge >= 0.3 is 0 Å². The van der Waals surface area contributed by atoms with Gasteiger partial charge in [-0.3, -0.25) is 4.79 Å². The third-order valence-electron chi connectivity index (χ3n) is 5.34. The first-order valence-electron chi connectivity index (χ1n) is 9.79. The lowest BCUT2D eigenvalue weighted by atomic mass is 9.98. The summed E-state index contributed by atoms with van der Waals surface area (Å²) in [5.74, 6) is 0.557. The fraction of sp³-hybridized carbons (Fsp3) is 0.217. The number of carbonyl (C=O) groups is 1. The lowest BCUT2D eigenvalue weighted by Gasteiger charge is -2.35. The van der Waals surface area contributed by atoms with Crippen molar-refractivity contribution in [3.8, 4) is 11.3 Å². The molecule has 4 aromatic rings. The predicted octanol–water partition coefficient (Wildman–Crippen LogP) is 5.71. The monoisotopic (exact) mass is 438 g/mol. The van der Waals surface area contributed by atoms with E-state index < -0.39 is 0 Å². The number of carbonyl (C=O) groups excluding carboxylic acids is 1. The molecule has 0 aliphatic carbocycles. The number of benzene rings is 1. The molecule has 0 N–H and O–H groups in total. The number of nitrogens with zero attached hydrogens (tertiary/aromatic N) is 2. The van der Waals surface area contributed by atoms with Gasteiger partial charge in [-0.1, -0.05) is 18.2 Å². The molecular formula is C23H19FN2O2S2. The highest BCUT2D eigenvalue weighted by molar-refractivity contribution is 7.10. The second kappa shape index (κ2) is 8.16. The smallest absolute Gasteiger partial charge is 0.223 e. The van der Waals surface area contributed by atoms with Gasteiger partial charge in [0.25, 0.3) is 0 Å². The third-order valence-corrected chi connectivity index (χ3v) is 7.27. The molecule has 0 radical (unpaired) electrons. The Morgan fingerprint density at radius 1 is 1.17 bits per heavy atom. The lowest BCUT2D eigenvalue weighted by Crippen LogP contribution is -2.39. The summed E-state index contributed by atoms with van der Waals surface area (Å²) in [6.45, 7) is 0.709. The summed E-state index contributed by atoms with van der Waals surface area (Å²) in [5, 5.41) is 4.16. The normalized spacial score (nSPS) is 15.9. The SMILES string of the molecule is O=C(CCc1ncc(-c2ccccc2F)o1)N1CCc2sccc2[C@@H]1c1cccs1. The lowest BCUT2D eigenvalue weighted by molar-refractivity contribution is -0.133. The fourth-order valence-corrected chi connectivity index (χ4v) is 5.67. The van der Waals surface area contributed by atoms with Crippen LogP contribution in [-0.4, -0.2) is 22.3 Å². The van der Waals surface area contributed by atoms with Crippen LogP contribution < -0.4 is 0 Å². The van der Waals surface area contributed by atoms with Gasteiger partial charge < -0.3 is 9.32 Å². The number of hydrogen-bond acceptors (Lipinski definition) is 5. The van der Waals surface area contributed by atoms with E-state index in [0.29, 0.717) is 36.6 Å². The molecule has 0 saturated carbocycles. The minimum atomic E-state index is -0.352. The average Bonchev–Trinajstić information content (AvgIpc) is 3.53. The maximum atomic E-state index is 14.0. The van der Waals surface area contributed by atoms with Crippen molar-refractivity contribution < 1.29 is 13.6 Å². The topological polar surface area (TPSA) is 46.3 Å². The van der Waals surface area contributed by atoms with Crippen molar-refractivity contribution in [1.82, 2.24) is 9.88 Å². The first kappa shape index (κ1) is 19.2. The molecule has 1 aromatic carbocycles. The molecule has 1 atom stereocenters. The first-order chi connectivity index (χ1) is 14.7. The molecule has 5 rings (SSSR count). The van der Waals surface area contributed by atoms with Crippen LogP contribution in [0.25, 0.3) is 11.3 Å². The van der Waals surface area contributed by atoms with Crippen LogP contribution in [0.4, 0.5) is 4.39 Å². The number of aromatic nitrogens is 1. The summed E-state index contributed by atoms with van der Waals surface area (Å²) in [4.78, 5) is 21.9. The van der Waals surface area contributed by atoms with E-state index in [9.17, 15) is 9.18 Å². The summed E-state index contributed by atoms with van der Waals surface area (Å²) in [5.41, 5.74) is 1.61. The van der Waals surface area contributed by atoms with Crippen LogP contribution in [0, 0.1) is 5.82 Å². The van der Waals surface area contributed by atoms with E-state index >= 15 is 0 Å². The number of halogens is 1. The maximum Gasteiger partial charge on any atom is 0.223 e. The zero-order valence-corrected chi connectivity index (χ0v) is 17.7. The van der Waals surface area contributed by atoms with E-state index in [1.807, 2.05) is 11.0 Å². The van der Waals surface area contributed by atoms with Gasteiger partial charge in [0.15, 0.2) is 11.7 Å². The highest BCUT2D eigenvalue weighted by Gasteiger charge is 2.33. The Hall–Kier alpha value is -2.77. The van der Waals surface area contributed by atoms with Crippen LogP contribution in [0.5, 0.6) is 0 Å². The molecular weight excluding hydrogens is 419 g/mol. The minimum Gasteiger partial charge on any atom is -0.441 e. The number of hydrogen-bond donors (Lipinski definition) is 0. The van der Waals surface area contributed by atoms with Crippen molar-refractivity contribution in [2.24, 2.45) is 0 Å². The highest BCUT2D eigenvalue weighted by Crippen LogP contribution is 2.39. The van der Waals surface area contributed by atoms with E-state index in [0.717, 1.165) is 6.42 Å². The summed E-state index contributed by atoms with van der Waals surface area (Å²) >= 11 is 3.44. The molecule has 152 valence electrons. The minimum absolute atomic E-state index is 0.0222. The van der Waals surface area contributed by atoms with Gasteiger partial charge in [-0.05, 0) is 47.0 Å². The first-order valence-corrected chi connectivity index (χ1v) is 11.6. The van der Waals surface area contributed by atoms with Crippen molar-refractivity contribution in [1.29, 1.82) is 0 Å². The Kier molecular flexibility index (Phi) is 5.23. The Balaban J connectivity index is 1.32. The molecule has 0 fully saturated rings. The van der Waals surface area contributed by atoms with Gasteiger partial charge in [0, 0.05) is 29.1 Å². The molecule has 1 aliphatic heterocycles. The molecule has 7 heteroatoms. The molecule has 1 aliphatic rings. The van der Waals surface area contributed by atoms with Crippen LogP contribution in [0.1, 0.15) is 33.7 Å². The zero-order valence-electron chi connectivity index (χ0n) is 16.1. The highest BCUT2D eigenvalue weighted by atomic mass is 32.1. The summed E-state index contributed by atoms with van der Waals surface area (Å²) in [7, 11) is 0. The molecule has 0 saturated heterocycles. The maximum absolute atomic E-state index is 14.0. The van der Waals surface area contributed by atoms with E-state index in [4.69, 9.17) is 4.42 Å². The molecule has 3 aromatic heterocycles. The number of aryl methyl sites for hydroxylation is 1. The standard InChI is InChI=1S/C23H19FN2O2S2/c24-17-5-2-1-4-15(17)18-14-25-21(28-18)7-8-22(27)26-11-9-19-16(10-13-30-19)23(26)20-6-3-12-29-20/h1-6,10,12-14,23H,7-9,11H2/t23-/m1/s1. The second-order valence-corrected chi connectivity index (χ2v) is 9.13. The largest absolute Gasteiger partial charge is 0.441 e. The molecule has 0 bridgehead atoms. The molecule has 1 amide bonds. The van der Waals surface area contributed by atoms with Gasteiger partial charge in [-0.2, -0.15) is 0 Å². The van der Waals surface area contributed by atoms with E-state index in [1.165, 1.54) is 27.6 Å². The van der Waals surface area contributed by atoms with Gasteiger partial charge in [-0.15, -0.1) is 22.7 Å². The number of oxazole rings is 1. The van der Waals surface area contributed by atoms with E-state index in [2.05, 4.69) is 27.9 Å². The van der Waals surface area contributed by atoms with Crippen LogP contribution >= 0.6 is 22.7 Å². The summed E-state index contributed by atoms with van der Waals surface area (Å²) in [6.07, 6.45) is 3.10. The number of thiophene rings is 2. The van der Waals surface area contributed by atoms with E-state index in [-0.39, 0.29) is 17.8 Å². The number of rotatable bonds is 5. The van der Waals surface area contributed by atoms with Crippen LogP contribution in [-0.2, 0) is 17.6 Å². The van der Waals surface area contributed by atoms with Crippen molar-refractivity contribution in [2.75, 3.05) is 6.54 Å². The molecule has 30 heavy (non-hydrogen) atoms. The van der Waals surface area contributed by atoms with Crippen molar-refractivity contribution >= 4 is 28.6 Å². The Morgan fingerprint density at radius 2 is 2.07 bits per heavy atom. The molecule has 0 spiro atoms. The van der Waals surface area contributed by atoms with Gasteiger partial charge in [0.05, 0.1) is 17.8 Å². The molecule has 4 nitrogen and oxygen atoms in total. The van der Waals surface area contributed by atoms with Crippen molar-refractivity contribution in [3.63, 3.8) is 0 Å². The second-order valence-electron chi connectivity index (χ2n) is 7.15. The van der Waals surface area contributed by atoms with Gasteiger partial charge in [-0.25, -0.2) is 9.37 Å². The van der Waals surface area contributed by atoms with Crippen molar-refractivity contribution in [3.05, 3.63) is 86.4 Å². The fourth-order valence-electron chi connectivity index (χ4n) is 3.91. The van der Waals surface area contributed by atoms with Crippen molar-refractivity contribution in [2.45, 2.75) is 25.3 Å². The third kappa shape index (κ3) is 3.59. The van der Waals surface area contributed by atoms with Crippen LogP contribution in [0.3, 0.4) is 0 Å². The quantitative estimate of drug-likeness (QED) is 0.401. The van der Waals surface area contributed by atoms with Crippen LogP contribution in [0.15, 0.2) is 63.8 Å². The Labute approximate surface area is 181 Å². The average molecular weight is 439 g/mol. The number of fused-ring (bicyclic) bond motifs is 1. The van der Waals surface area contributed by atoms with E-state index in [1.54, 1.807) is 40.9 Å².